The second-order valence-electron chi connectivity index (χ2n) is 6.31. The minimum absolute atomic E-state index is 0.00248. The molecule has 140 valence electrons. The van der Waals surface area contributed by atoms with Gasteiger partial charge in [-0.25, -0.2) is 0 Å². The molecule has 1 N–H and O–H groups in total. The van der Waals surface area contributed by atoms with Crippen LogP contribution in [0.1, 0.15) is 18.1 Å². The molecule has 8 heteroatoms. The second-order valence-corrected chi connectivity index (χ2v) is 6.31. The van der Waals surface area contributed by atoms with Crippen LogP contribution in [-0.4, -0.2) is 29.9 Å². The summed E-state index contributed by atoms with van der Waals surface area (Å²) < 4.78 is 5.41. The summed E-state index contributed by atoms with van der Waals surface area (Å²) in [5.41, 5.74) is 2.98. The summed E-state index contributed by atoms with van der Waals surface area (Å²) in [4.78, 5) is 35.7. The van der Waals surface area contributed by atoms with E-state index in [1.54, 1.807) is 17.9 Å². The van der Waals surface area contributed by atoms with Crippen LogP contribution in [-0.2, 0) is 16.0 Å². The first-order valence-electron chi connectivity index (χ1n) is 8.44. The monoisotopic (exact) mass is 369 g/mol. The number of hydrogen-bond acceptors (Lipinski definition) is 5. The molecule has 1 aliphatic heterocycles. The number of hydrogen-bond donors (Lipinski definition) is 1. The SMILES string of the molecule is CC(=O)N1CCc2cc(NC(=O)COc3ccc([N+](=O)[O-])c(C)c3)ccc21. The quantitative estimate of drug-likeness (QED) is 0.645. The Balaban J connectivity index is 1.60. The third kappa shape index (κ3) is 4.05. The number of carbonyl (C=O) groups is 2. The van der Waals surface area contributed by atoms with Gasteiger partial charge in [-0.2, -0.15) is 0 Å². The molecule has 0 atom stereocenters. The predicted molar refractivity (Wildman–Crippen MR) is 100 cm³/mol. The number of carbonyl (C=O) groups excluding carboxylic acids is 2. The molecule has 2 aromatic rings. The molecule has 0 radical (unpaired) electrons. The van der Waals surface area contributed by atoms with Crippen LogP contribution in [0.4, 0.5) is 17.1 Å². The summed E-state index contributed by atoms with van der Waals surface area (Å²) >= 11 is 0. The van der Waals surface area contributed by atoms with Crippen molar-refractivity contribution in [2.75, 3.05) is 23.4 Å². The number of rotatable bonds is 5. The summed E-state index contributed by atoms with van der Waals surface area (Å²) in [6.07, 6.45) is 0.747. The normalized spacial score (nSPS) is 12.4. The van der Waals surface area contributed by atoms with E-state index < -0.39 is 4.92 Å². The van der Waals surface area contributed by atoms with E-state index in [1.807, 2.05) is 12.1 Å². The lowest BCUT2D eigenvalue weighted by atomic mass is 10.1. The molecule has 0 unspecified atom stereocenters. The third-order valence-electron chi connectivity index (χ3n) is 4.37. The van der Waals surface area contributed by atoms with E-state index in [0.29, 0.717) is 23.5 Å². The maximum absolute atomic E-state index is 12.1. The molecule has 1 heterocycles. The minimum atomic E-state index is -0.465. The van der Waals surface area contributed by atoms with Gasteiger partial charge in [0.25, 0.3) is 11.6 Å². The Hall–Kier alpha value is -3.42. The third-order valence-corrected chi connectivity index (χ3v) is 4.37. The van der Waals surface area contributed by atoms with E-state index in [-0.39, 0.29) is 24.1 Å². The van der Waals surface area contributed by atoms with Gasteiger partial charge in [-0.1, -0.05) is 0 Å². The molecule has 0 saturated carbocycles. The van der Waals surface area contributed by atoms with Gasteiger partial charge in [0.05, 0.1) is 4.92 Å². The summed E-state index contributed by atoms with van der Waals surface area (Å²) in [6.45, 7) is 3.57. The summed E-state index contributed by atoms with van der Waals surface area (Å²) in [7, 11) is 0. The fourth-order valence-corrected chi connectivity index (χ4v) is 3.08. The Bertz CT molecular complexity index is 926. The number of anilines is 2. The zero-order chi connectivity index (χ0) is 19.6. The predicted octanol–water partition coefficient (Wildman–Crippen LogP) is 2.83. The molecule has 0 aromatic heterocycles. The molecule has 27 heavy (non-hydrogen) atoms. The Morgan fingerprint density at radius 3 is 2.70 bits per heavy atom. The Kier molecular flexibility index (Phi) is 5.07. The highest BCUT2D eigenvalue weighted by molar-refractivity contribution is 5.95. The van der Waals surface area contributed by atoms with Crippen molar-refractivity contribution in [2.24, 2.45) is 0 Å². The molecule has 0 spiro atoms. The van der Waals surface area contributed by atoms with Crippen LogP contribution in [0.5, 0.6) is 5.75 Å². The van der Waals surface area contributed by atoms with Crippen molar-refractivity contribution >= 4 is 28.9 Å². The average Bonchev–Trinajstić information content (AvgIpc) is 3.03. The topological polar surface area (TPSA) is 102 Å². The molecule has 0 saturated heterocycles. The average molecular weight is 369 g/mol. The fraction of sp³-hybridized carbons (Fsp3) is 0.263. The standard InChI is InChI=1S/C19H19N3O5/c1-12-9-16(4-6-17(12)22(25)26)27-11-19(24)20-15-3-5-18-14(10-15)7-8-21(18)13(2)23/h3-6,9-10H,7-8,11H2,1-2H3,(H,20,24). The zero-order valence-electron chi connectivity index (χ0n) is 15.0. The number of fused-ring (bicyclic) bond motifs is 1. The van der Waals surface area contributed by atoms with E-state index in [4.69, 9.17) is 4.74 Å². The summed E-state index contributed by atoms with van der Waals surface area (Å²) in [5, 5.41) is 13.6. The van der Waals surface area contributed by atoms with E-state index in [2.05, 4.69) is 5.32 Å². The molecular formula is C19H19N3O5. The van der Waals surface area contributed by atoms with Crippen LogP contribution >= 0.6 is 0 Å². The van der Waals surface area contributed by atoms with Gasteiger partial charge in [0.1, 0.15) is 5.75 Å². The maximum atomic E-state index is 12.1. The highest BCUT2D eigenvalue weighted by Crippen LogP contribution is 2.30. The number of benzene rings is 2. The van der Waals surface area contributed by atoms with Gasteiger partial charge in [0.2, 0.25) is 5.91 Å². The highest BCUT2D eigenvalue weighted by Gasteiger charge is 2.22. The number of ether oxygens (including phenoxy) is 1. The molecule has 3 rings (SSSR count). The van der Waals surface area contributed by atoms with Crippen LogP contribution in [0.15, 0.2) is 36.4 Å². The molecule has 0 fully saturated rings. The molecule has 2 aromatic carbocycles. The number of amides is 2. The van der Waals surface area contributed by atoms with Crippen molar-refractivity contribution in [3.8, 4) is 5.75 Å². The van der Waals surface area contributed by atoms with Gasteiger partial charge in [0.15, 0.2) is 6.61 Å². The van der Waals surface area contributed by atoms with E-state index >= 15 is 0 Å². The van der Waals surface area contributed by atoms with Crippen LogP contribution in [0.25, 0.3) is 0 Å². The van der Waals surface area contributed by atoms with E-state index in [9.17, 15) is 19.7 Å². The largest absolute Gasteiger partial charge is 0.484 e. The van der Waals surface area contributed by atoms with Crippen LogP contribution in [0, 0.1) is 17.0 Å². The van der Waals surface area contributed by atoms with Gasteiger partial charge >= 0.3 is 0 Å². The van der Waals surface area contributed by atoms with Crippen molar-refractivity contribution in [1.29, 1.82) is 0 Å². The number of aryl methyl sites for hydroxylation is 1. The second kappa shape index (κ2) is 7.45. The van der Waals surface area contributed by atoms with Gasteiger partial charge in [0, 0.05) is 36.5 Å². The lowest BCUT2D eigenvalue weighted by molar-refractivity contribution is -0.385. The first-order chi connectivity index (χ1) is 12.8. The minimum Gasteiger partial charge on any atom is -0.484 e. The molecule has 0 bridgehead atoms. The van der Waals surface area contributed by atoms with Crippen molar-refractivity contribution in [3.63, 3.8) is 0 Å². The molecule has 8 nitrogen and oxygen atoms in total. The van der Waals surface area contributed by atoms with Crippen LogP contribution in [0.2, 0.25) is 0 Å². The van der Waals surface area contributed by atoms with E-state index in [1.165, 1.54) is 25.1 Å². The van der Waals surface area contributed by atoms with Crippen molar-refractivity contribution in [2.45, 2.75) is 20.3 Å². The molecule has 1 aliphatic rings. The van der Waals surface area contributed by atoms with Gasteiger partial charge < -0.3 is 15.0 Å². The molecular weight excluding hydrogens is 350 g/mol. The van der Waals surface area contributed by atoms with Crippen molar-refractivity contribution in [1.82, 2.24) is 0 Å². The van der Waals surface area contributed by atoms with Crippen molar-refractivity contribution in [3.05, 3.63) is 57.6 Å². The lowest BCUT2D eigenvalue weighted by Crippen LogP contribution is -2.25. The molecule has 0 aliphatic carbocycles. The number of nitrogens with one attached hydrogen (secondary N) is 1. The van der Waals surface area contributed by atoms with Gasteiger partial charge in [-0.3, -0.25) is 19.7 Å². The zero-order valence-corrected chi connectivity index (χ0v) is 15.0. The van der Waals surface area contributed by atoms with Gasteiger partial charge in [-0.15, -0.1) is 0 Å². The molecule has 2 amide bonds. The lowest BCUT2D eigenvalue weighted by Gasteiger charge is -2.15. The summed E-state index contributed by atoms with van der Waals surface area (Å²) in [6, 6.07) is 9.76. The maximum Gasteiger partial charge on any atom is 0.272 e. The Morgan fingerprint density at radius 2 is 2.04 bits per heavy atom. The van der Waals surface area contributed by atoms with E-state index in [0.717, 1.165) is 17.7 Å². The van der Waals surface area contributed by atoms with Crippen LogP contribution < -0.4 is 15.0 Å². The first-order valence-corrected chi connectivity index (χ1v) is 8.44. The first kappa shape index (κ1) is 18.4. The summed E-state index contributed by atoms with van der Waals surface area (Å²) in [5.74, 6) is 0.0454. The number of nitrogens with zero attached hydrogens (tertiary/aromatic N) is 2. The number of nitro groups is 1. The van der Waals surface area contributed by atoms with Crippen LogP contribution in [0.3, 0.4) is 0 Å². The highest BCUT2D eigenvalue weighted by atomic mass is 16.6. The smallest absolute Gasteiger partial charge is 0.272 e. The van der Waals surface area contributed by atoms with Gasteiger partial charge in [-0.05, 0) is 49.2 Å². The number of nitro benzene ring substituents is 1. The Morgan fingerprint density at radius 1 is 1.26 bits per heavy atom. The van der Waals surface area contributed by atoms with Crippen molar-refractivity contribution < 1.29 is 19.2 Å². The fourth-order valence-electron chi connectivity index (χ4n) is 3.08. The Labute approximate surface area is 155 Å².